The molecule has 0 atom stereocenters. The largest absolute Gasteiger partial charge is 0.102 e. The van der Waals surface area contributed by atoms with Gasteiger partial charge in [0, 0.05) is 0 Å². The molecule has 0 bridgehead atoms. The second-order valence-electron chi connectivity index (χ2n) is 8.99. The fourth-order valence-electron chi connectivity index (χ4n) is 4.63. The van der Waals surface area contributed by atoms with E-state index in [0.717, 1.165) is 0 Å². The molecule has 0 nitrogen and oxygen atoms in total. The van der Waals surface area contributed by atoms with E-state index in [4.69, 9.17) is 20.4 Å². The van der Waals surface area contributed by atoms with Crippen molar-refractivity contribution in [2.24, 2.45) is 0 Å². The Kier molecular flexibility index (Phi) is 13.6. The molecule has 0 aromatic heterocycles. The first-order chi connectivity index (χ1) is 20.3. The van der Waals surface area contributed by atoms with Crippen LogP contribution in [0.3, 0.4) is 0 Å². The van der Waals surface area contributed by atoms with Crippen molar-refractivity contribution >= 4 is 68.1 Å². The molecule has 0 radical (unpaired) electrons. The summed E-state index contributed by atoms with van der Waals surface area (Å²) in [5.41, 5.74) is 0. The van der Waals surface area contributed by atoms with Crippen LogP contribution in [-0.4, -0.2) is 0 Å². The molecule has 0 saturated carbocycles. The van der Waals surface area contributed by atoms with Gasteiger partial charge in [-0.3, -0.25) is 0 Å². The number of hydrogen-bond acceptors (Lipinski definition) is 0. The van der Waals surface area contributed by atoms with Gasteiger partial charge in [0.2, 0.25) is 0 Å². The SMILES string of the molecule is [Cl][Ni+2][Cl].c1ccc([PH+](c2ccccc2)c2ccccc2)cc1.c1ccc([PH+](c2ccccc2)c2ccccc2)cc1. The van der Waals surface area contributed by atoms with Crippen LogP contribution in [0.5, 0.6) is 0 Å². The Morgan fingerprint density at radius 2 is 0.390 bits per heavy atom. The van der Waals surface area contributed by atoms with Gasteiger partial charge in [-0.15, -0.1) is 0 Å². The van der Waals surface area contributed by atoms with Gasteiger partial charge in [0.1, 0.15) is 31.8 Å². The van der Waals surface area contributed by atoms with Crippen LogP contribution in [-0.2, 0) is 12.7 Å². The average Bonchev–Trinajstić information content (AvgIpc) is 3.05. The third kappa shape index (κ3) is 9.65. The van der Waals surface area contributed by atoms with Crippen molar-refractivity contribution in [2.45, 2.75) is 0 Å². The number of benzene rings is 6. The van der Waals surface area contributed by atoms with E-state index in [1.807, 2.05) is 0 Å². The number of hydrogen-bond donors (Lipinski definition) is 0. The first kappa shape index (κ1) is 31.2. The van der Waals surface area contributed by atoms with Crippen LogP contribution in [0.25, 0.3) is 0 Å². The quantitative estimate of drug-likeness (QED) is 0.127. The molecule has 0 aliphatic carbocycles. The summed E-state index contributed by atoms with van der Waals surface area (Å²) in [6.45, 7) is 0. The smallest absolute Gasteiger partial charge is 0.0620 e. The average molecular weight is 656 g/mol. The molecule has 5 heteroatoms. The molecule has 6 aromatic carbocycles. The molecule has 0 heterocycles. The maximum Gasteiger partial charge on any atom is 0.102 e. The van der Waals surface area contributed by atoms with Gasteiger partial charge < -0.3 is 0 Å². The molecule has 0 amide bonds. The van der Waals surface area contributed by atoms with E-state index >= 15 is 0 Å². The first-order valence-electron chi connectivity index (χ1n) is 13.2. The van der Waals surface area contributed by atoms with Crippen LogP contribution >= 0.6 is 36.2 Å². The van der Waals surface area contributed by atoms with E-state index in [-0.39, 0.29) is 0 Å². The minimum atomic E-state index is -0.877. The van der Waals surface area contributed by atoms with Crippen molar-refractivity contribution in [1.29, 1.82) is 0 Å². The number of halogens is 2. The minimum absolute atomic E-state index is 0.569. The molecule has 0 unspecified atom stereocenters. The van der Waals surface area contributed by atoms with E-state index in [1.54, 1.807) is 0 Å². The van der Waals surface area contributed by atoms with Gasteiger partial charge in [-0.1, -0.05) is 109 Å². The summed E-state index contributed by atoms with van der Waals surface area (Å²) in [6.07, 6.45) is 0. The van der Waals surface area contributed by atoms with Crippen molar-refractivity contribution in [2.75, 3.05) is 0 Å². The second kappa shape index (κ2) is 17.9. The van der Waals surface area contributed by atoms with Gasteiger partial charge in [0.05, 0.1) is 15.8 Å². The molecule has 0 aliphatic rings. The molecule has 6 aromatic rings. The minimum Gasteiger partial charge on any atom is -0.0620 e. The van der Waals surface area contributed by atoms with Gasteiger partial charge in [-0.2, -0.15) is 0 Å². The third-order valence-corrected chi connectivity index (χ3v) is 11.8. The van der Waals surface area contributed by atoms with Crippen molar-refractivity contribution < 1.29 is 12.7 Å². The topological polar surface area (TPSA) is 0 Å². The molecule has 0 N–H and O–H groups in total. The fourth-order valence-corrected chi connectivity index (χ4v) is 9.78. The Hall–Kier alpha value is -2.75. The van der Waals surface area contributed by atoms with Crippen molar-refractivity contribution in [3.63, 3.8) is 0 Å². The normalized spacial score (nSPS) is 10.3. The first-order valence-corrected chi connectivity index (χ1v) is 18.9. The maximum atomic E-state index is 4.70. The van der Waals surface area contributed by atoms with Crippen LogP contribution in [0, 0.1) is 0 Å². The van der Waals surface area contributed by atoms with Crippen LogP contribution in [0.2, 0.25) is 0 Å². The standard InChI is InChI=1S/2C18H15P.2ClH.Ni/c2*1-4-10-16(11-5-1)19(17-12-6-2-7-13-17)18-14-8-3-9-15-18;;;/h2*1-15H;2*1H;/q;;;;+4. The van der Waals surface area contributed by atoms with E-state index in [0.29, 0.717) is 12.7 Å². The Balaban J connectivity index is 0.000000173. The summed E-state index contributed by atoms with van der Waals surface area (Å²) in [4.78, 5) is 0. The zero-order valence-electron chi connectivity index (χ0n) is 22.4. The molecule has 0 saturated heterocycles. The zero-order chi connectivity index (χ0) is 28.5. The summed E-state index contributed by atoms with van der Waals surface area (Å²) in [5.74, 6) is 0. The van der Waals surface area contributed by atoms with Gasteiger partial charge in [-0.05, 0) is 72.8 Å². The van der Waals surface area contributed by atoms with E-state index < -0.39 is 15.8 Å². The van der Waals surface area contributed by atoms with Gasteiger partial charge in [-0.25, -0.2) is 0 Å². The molecule has 41 heavy (non-hydrogen) atoms. The third-order valence-electron chi connectivity index (χ3n) is 6.37. The fraction of sp³-hybridized carbons (Fsp3) is 0. The Morgan fingerprint density at radius 1 is 0.268 bits per heavy atom. The van der Waals surface area contributed by atoms with E-state index in [9.17, 15) is 0 Å². The van der Waals surface area contributed by atoms with Crippen molar-refractivity contribution in [1.82, 2.24) is 0 Å². The summed E-state index contributed by atoms with van der Waals surface area (Å²) in [7, 11) is 7.65. The summed E-state index contributed by atoms with van der Waals surface area (Å²) in [6, 6.07) is 65.0. The molecule has 206 valence electrons. The molecular weight excluding hydrogens is 624 g/mol. The van der Waals surface area contributed by atoms with Crippen LogP contribution < -0.4 is 31.8 Å². The Morgan fingerprint density at radius 3 is 0.512 bits per heavy atom. The van der Waals surface area contributed by atoms with E-state index in [2.05, 4.69) is 182 Å². The van der Waals surface area contributed by atoms with Gasteiger partial charge in [0.25, 0.3) is 0 Å². The molecular formula is C36H32Cl2NiP2+4. The van der Waals surface area contributed by atoms with Crippen molar-refractivity contribution in [3.8, 4) is 0 Å². The van der Waals surface area contributed by atoms with Crippen LogP contribution in [0.15, 0.2) is 182 Å². The molecule has 0 aliphatic heterocycles. The maximum absolute atomic E-state index is 4.70. The van der Waals surface area contributed by atoms with Gasteiger partial charge >= 0.3 is 33.0 Å². The summed E-state index contributed by atoms with van der Waals surface area (Å²) < 4.78 is 0. The second-order valence-corrected chi connectivity index (χ2v) is 15.6. The molecule has 6 rings (SSSR count). The zero-order valence-corrected chi connectivity index (χ0v) is 26.9. The molecule has 0 spiro atoms. The summed E-state index contributed by atoms with van der Waals surface area (Å²) >= 11 is 0.569. The van der Waals surface area contributed by atoms with Gasteiger partial charge in [0.15, 0.2) is 0 Å². The Labute approximate surface area is 261 Å². The van der Waals surface area contributed by atoms with E-state index in [1.165, 1.54) is 31.8 Å². The Bertz CT molecular complexity index is 1200. The molecule has 0 fully saturated rings. The number of rotatable bonds is 6. The van der Waals surface area contributed by atoms with Crippen LogP contribution in [0.4, 0.5) is 0 Å². The summed E-state index contributed by atoms with van der Waals surface area (Å²) in [5, 5.41) is 8.61. The van der Waals surface area contributed by atoms with Crippen molar-refractivity contribution in [3.05, 3.63) is 182 Å². The van der Waals surface area contributed by atoms with Crippen LogP contribution in [0.1, 0.15) is 0 Å². The monoisotopic (exact) mass is 654 g/mol. The predicted octanol–water partition coefficient (Wildman–Crippen LogP) is 7.73. The predicted molar refractivity (Wildman–Crippen MR) is 185 cm³/mol.